The molecule has 0 aromatic heterocycles. The Kier molecular flexibility index (Phi) is 11.3. The van der Waals surface area contributed by atoms with Gasteiger partial charge in [0.1, 0.15) is 12.4 Å². The van der Waals surface area contributed by atoms with E-state index in [4.69, 9.17) is 4.74 Å². The summed E-state index contributed by atoms with van der Waals surface area (Å²) < 4.78 is 5.99. The molecule has 0 amide bonds. The molecule has 2 fully saturated rings. The van der Waals surface area contributed by atoms with Crippen molar-refractivity contribution in [2.45, 2.75) is 56.8 Å². The quantitative estimate of drug-likeness (QED) is 0.555. The molecule has 0 radical (unpaired) electrons. The van der Waals surface area contributed by atoms with Gasteiger partial charge in [-0.05, 0) is 62.0 Å². The first-order valence-electron chi connectivity index (χ1n) is 11.6. The summed E-state index contributed by atoms with van der Waals surface area (Å²) in [7, 11) is 2.06. The molecule has 3 unspecified atom stereocenters. The summed E-state index contributed by atoms with van der Waals surface area (Å²) in [4.78, 5) is 2.58. The number of hydrogen-bond donors (Lipinski definition) is 2. The molecule has 2 aliphatic rings. The second-order valence-electron chi connectivity index (χ2n) is 9.00. The van der Waals surface area contributed by atoms with Crippen LogP contribution >= 0.6 is 24.8 Å². The number of ether oxygens (including phenoxy) is 1. The molecule has 4 rings (SSSR count). The first kappa shape index (κ1) is 26.9. The van der Waals surface area contributed by atoms with Gasteiger partial charge in [0.15, 0.2) is 0 Å². The Morgan fingerprint density at radius 2 is 1.72 bits per heavy atom. The number of likely N-dealkylation sites (N-methyl/N-ethyl adjacent to an activating group) is 1. The van der Waals surface area contributed by atoms with E-state index in [-0.39, 0.29) is 30.9 Å². The van der Waals surface area contributed by atoms with Crippen LogP contribution in [0.25, 0.3) is 0 Å². The minimum Gasteiger partial charge on any atom is -0.489 e. The predicted molar refractivity (Wildman–Crippen MR) is 136 cm³/mol. The van der Waals surface area contributed by atoms with Crippen LogP contribution in [-0.4, -0.2) is 48.8 Å². The molecule has 32 heavy (non-hydrogen) atoms. The van der Waals surface area contributed by atoms with Gasteiger partial charge in [0.25, 0.3) is 0 Å². The van der Waals surface area contributed by atoms with Gasteiger partial charge in [0.2, 0.25) is 0 Å². The molecule has 2 aromatic carbocycles. The molecule has 1 saturated heterocycles. The lowest BCUT2D eigenvalue weighted by Crippen LogP contribution is -2.38. The highest BCUT2D eigenvalue weighted by atomic mass is 35.5. The standard InChI is InChI=1S/C26H36N2O2.2ClH/c1-27-22-15-16-28(17-22)18-25(24-9-5-6-10-26(24)29)21-11-13-23(14-12-21)30-19-20-7-3-2-4-8-20;;/h2-4,7-8,11-14,22,24-27,29H,5-6,9-10,15-19H2,1H3;2*1H/t22-,24?,25?,26?;;/m0../s1. The number of aliphatic hydroxyl groups excluding tert-OH is 1. The zero-order valence-corrected chi connectivity index (χ0v) is 20.6. The Morgan fingerprint density at radius 1 is 1.00 bits per heavy atom. The second-order valence-corrected chi connectivity index (χ2v) is 9.00. The predicted octanol–water partition coefficient (Wildman–Crippen LogP) is 5.04. The molecule has 6 heteroatoms. The fourth-order valence-corrected chi connectivity index (χ4v) is 5.16. The highest BCUT2D eigenvalue weighted by molar-refractivity contribution is 5.85. The lowest BCUT2D eigenvalue weighted by Gasteiger charge is -2.37. The van der Waals surface area contributed by atoms with Crippen molar-refractivity contribution in [3.8, 4) is 5.75 Å². The summed E-state index contributed by atoms with van der Waals surface area (Å²) >= 11 is 0. The fourth-order valence-electron chi connectivity index (χ4n) is 5.16. The van der Waals surface area contributed by atoms with Crippen molar-refractivity contribution >= 4 is 24.8 Å². The largest absolute Gasteiger partial charge is 0.489 e. The first-order chi connectivity index (χ1) is 14.7. The minimum atomic E-state index is -0.180. The normalized spacial score (nSPS) is 24.2. The number of nitrogens with one attached hydrogen (secondary N) is 1. The lowest BCUT2D eigenvalue weighted by atomic mass is 9.74. The third-order valence-electron chi connectivity index (χ3n) is 6.99. The number of likely N-dealkylation sites (tertiary alicyclic amines) is 1. The third-order valence-corrected chi connectivity index (χ3v) is 6.99. The molecule has 1 aliphatic heterocycles. The van der Waals surface area contributed by atoms with E-state index in [1.807, 2.05) is 18.2 Å². The van der Waals surface area contributed by atoms with Gasteiger partial charge >= 0.3 is 0 Å². The van der Waals surface area contributed by atoms with Crippen molar-refractivity contribution in [3.05, 3.63) is 65.7 Å². The van der Waals surface area contributed by atoms with Gasteiger partial charge < -0.3 is 20.1 Å². The van der Waals surface area contributed by atoms with E-state index in [2.05, 4.69) is 53.7 Å². The van der Waals surface area contributed by atoms with Crippen molar-refractivity contribution in [1.29, 1.82) is 0 Å². The number of aliphatic hydroxyl groups is 1. The van der Waals surface area contributed by atoms with E-state index < -0.39 is 0 Å². The third kappa shape index (κ3) is 7.10. The lowest BCUT2D eigenvalue weighted by molar-refractivity contribution is 0.0475. The number of hydrogen-bond acceptors (Lipinski definition) is 4. The molecular weight excluding hydrogens is 443 g/mol. The van der Waals surface area contributed by atoms with Crippen LogP contribution in [0.2, 0.25) is 0 Å². The van der Waals surface area contributed by atoms with E-state index in [0.29, 0.717) is 24.5 Å². The van der Waals surface area contributed by atoms with Gasteiger partial charge in [0, 0.05) is 25.0 Å². The number of halogens is 2. The molecular formula is C26H38Cl2N2O2. The zero-order valence-electron chi connectivity index (χ0n) is 19.0. The highest BCUT2D eigenvalue weighted by Crippen LogP contribution is 2.38. The Balaban J connectivity index is 0.00000181. The SMILES string of the molecule is CN[C@H]1CCN(CC(c2ccc(OCc3ccccc3)cc2)C2CCCCC2O)C1.Cl.Cl. The van der Waals surface area contributed by atoms with Gasteiger partial charge in [-0.15, -0.1) is 24.8 Å². The van der Waals surface area contributed by atoms with E-state index >= 15 is 0 Å². The molecule has 1 aliphatic carbocycles. The number of rotatable bonds is 8. The molecule has 0 bridgehead atoms. The van der Waals surface area contributed by atoms with Crippen LogP contribution in [0, 0.1) is 5.92 Å². The van der Waals surface area contributed by atoms with Crippen molar-refractivity contribution < 1.29 is 9.84 Å². The zero-order chi connectivity index (χ0) is 20.8. The average Bonchev–Trinajstić information content (AvgIpc) is 3.26. The summed E-state index contributed by atoms with van der Waals surface area (Å²) in [5, 5.41) is 14.2. The van der Waals surface area contributed by atoms with Crippen molar-refractivity contribution in [1.82, 2.24) is 10.2 Å². The maximum absolute atomic E-state index is 10.8. The Bertz CT molecular complexity index is 775. The van der Waals surface area contributed by atoms with Crippen LogP contribution in [0.15, 0.2) is 54.6 Å². The number of nitrogens with zero attached hydrogens (tertiary/aromatic N) is 1. The van der Waals surface area contributed by atoms with Crippen LogP contribution in [0.1, 0.15) is 49.1 Å². The van der Waals surface area contributed by atoms with E-state index in [9.17, 15) is 5.11 Å². The monoisotopic (exact) mass is 480 g/mol. The summed E-state index contributed by atoms with van der Waals surface area (Å²) in [6.45, 7) is 3.87. The molecule has 2 N–H and O–H groups in total. The molecule has 4 atom stereocenters. The second kappa shape index (κ2) is 13.4. The van der Waals surface area contributed by atoms with E-state index in [1.165, 1.54) is 24.0 Å². The highest BCUT2D eigenvalue weighted by Gasteiger charge is 2.34. The van der Waals surface area contributed by atoms with E-state index in [0.717, 1.165) is 44.6 Å². The Labute approximate surface area is 205 Å². The Hall–Kier alpha value is -1.30. The maximum atomic E-state index is 10.8. The van der Waals surface area contributed by atoms with Crippen molar-refractivity contribution in [2.75, 3.05) is 26.7 Å². The molecule has 2 aromatic rings. The summed E-state index contributed by atoms with van der Waals surface area (Å²) in [6, 6.07) is 19.5. The van der Waals surface area contributed by atoms with E-state index in [1.54, 1.807) is 0 Å². The molecule has 1 saturated carbocycles. The van der Waals surface area contributed by atoms with Gasteiger partial charge in [0.05, 0.1) is 6.10 Å². The summed E-state index contributed by atoms with van der Waals surface area (Å²) in [6.07, 6.45) is 5.49. The molecule has 178 valence electrons. The van der Waals surface area contributed by atoms with Crippen LogP contribution < -0.4 is 10.1 Å². The summed E-state index contributed by atoms with van der Waals surface area (Å²) in [5.74, 6) is 1.63. The van der Waals surface area contributed by atoms with Gasteiger partial charge in [-0.1, -0.05) is 55.3 Å². The van der Waals surface area contributed by atoms with Gasteiger partial charge in [-0.2, -0.15) is 0 Å². The minimum absolute atomic E-state index is 0. The molecule has 4 nitrogen and oxygen atoms in total. The number of benzene rings is 2. The summed E-state index contributed by atoms with van der Waals surface area (Å²) in [5.41, 5.74) is 2.51. The van der Waals surface area contributed by atoms with Crippen LogP contribution in [0.5, 0.6) is 5.75 Å². The van der Waals surface area contributed by atoms with Gasteiger partial charge in [-0.3, -0.25) is 0 Å². The first-order valence-corrected chi connectivity index (χ1v) is 11.6. The topological polar surface area (TPSA) is 44.7 Å². The smallest absolute Gasteiger partial charge is 0.119 e. The van der Waals surface area contributed by atoms with Crippen LogP contribution in [0.4, 0.5) is 0 Å². The van der Waals surface area contributed by atoms with Gasteiger partial charge in [-0.25, -0.2) is 0 Å². The van der Waals surface area contributed by atoms with Crippen molar-refractivity contribution in [3.63, 3.8) is 0 Å². The maximum Gasteiger partial charge on any atom is 0.119 e. The van der Waals surface area contributed by atoms with Crippen LogP contribution in [-0.2, 0) is 6.61 Å². The Morgan fingerprint density at radius 3 is 2.38 bits per heavy atom. The average molecular weight is 482 g/mol. The fraction of sp³-hybridized carbons (Fsp3) is 0.538. The molecule has 0 spiro atoms. The molecule has 1 heterocycles. The van der Waals surface area contributed by atoms with Crippen LogP contribution in [0.3, 0.4) is 0 Å². The van der Waals surface area contributed by atoms with Crippen molar-refractivity contribution in [2.24, 2.45) is 5.92 Å².